The molecule has 3 aromatic rings. The molecule has 29 heavy (non-hydrogen) atoms. The van der Waals surface area contributed by atoms with Gasteiger partial charge in [0.05, 0.1) is 18.4 Å². The van der Waals surface area contributed by atoms with Crippen LogP contribution in [0, 0.1) is 11.3 Å². The van der Waals surface area contributed by atoms with Crippen molar-refractivity contribution in [3.63, 3.8) is 0 Å². The molecular formula is C22H18ClN3O2S. The van der Waals surface area contributed by atoms with Crippen molar-refractivity contribution in [3.8, 4) is 23.1 Å². The smallest absolute Gasteiger partial charge is 0.225 e. The maximum atomic E-state index is 12.2. The first-order valence-electron chi connectivity index (χ1n) is 8.83. The van der Waals surface area contributed by atoms with Gasteiger partial charge in [-0.25, -0.2) is 4.98 Å². The summed E-state index contributed by atoms with van der Waals surface area (Å²) in [5.41, 5.74) is 2.83. The van der Waals surface area contributed by atoms with Crippen molar-refractivity contribution in [2.75, 3.05) is 18.2 Å². The lowest BCUT2D eigenvalue weighted by atomic mass is 10.1. The van der Waals surface area contributed by atoms with E-state index in [2.05, 4.69) is 16.4 Å². The van der Waals surface area contributed by atoms with Gasteiger partial charge in [-0.3, -0.25) is 4.79 Å². The number of hydrogen-bond acceptors (Lipinski definition) is 5. The zero-order valence-corrected chi connectivity index (χ0v) is 17.3. The number of anilines is 1. The molecule has 0 aliphatic carbocycles. The van der Waals surface area contributed by atoms with E-state index in [0.29, 0.717) is 39.2 Å². The van der Waals surface area contributed by atoms with Crippen LogP contribution in [0.3, 0.4) is 0 Å². The highest BCUT2D eigenvalue weighted by Crippen LogP contribution is 2.26. The quantitative estimate of drug-likeness (QED) is 0.514. The number of carbonyl (C=O) groups is 1. The van der Waals surface area contributed by atoms with Gasteiger partial charge >= 0.3 is 0 Å². The van der Waals surface area contributed by atoms with Gasteiger partial charge in [0.2, 0.25) is 5.91 Å². The number of nitrogens with zero attached hydrogens (tertiary/aromatic N) is 2. The van der Waals surface area contributed by atoms with Crippen LogP contribution in [0.25, 0.3) is 11.3 Å². The second-order valence-corrected chi connectivity index (χ2v) is 7.57. The van der Waals surface area contributed by atoms with E-state index in [1.165, 1.54) is 11.8 Å². The van der Waals surface area contributed by atoms with Gasteiger partial charge in [0.1, 0.15) is 16.8 Å². The number of carbonyl (C=O) groups excluding carboxylic acids is 1. The molecule has 3 rings (SSSR count). The Hall–Kier alpha value is -3.01. The monoisotopic (exact) mass is 423 g/mol. The summed E-state index contributed by atoms with van der Waals surface area (Å²) in [6.45, 7) is 0. The molecule has 0 aliphatic heterocycles. The fourth-order valence-electron chi connectivity index (χ4n) is 2.58. The highest BCUT2D eigenvalue weighted by Gasteiger charge is 2.10. The number of halogens is 1. The Balaban J connectivity index is 1.63. The summed E-state index contributed by atoms with van der Waals surface area (Å²) in [6, 6.07) is 20.3. The van der Waals surface area contributed by atoms with E-state index in [1.54, 1.807) is 43.5 Å². The topological polar surface area (TPSA) is 75.0 Å². The largest absolute Gasteiger partial charge is 0.497 e. The summed E-state index contributed by atoms with van der Waals surface area (Å²) in [6.07, 6.45) is 0.291. The maximum Gasteiger partial charge on any atom is 0.225 e. The average Bonchev–Trinajstić information content (AvgIpc) is 2.74. The van der Waals surface area contributed by atoms with Gasteiger partial charge in [-0.15, -0.1) is 11.8 Å². The molecule has 1 N–H and O–H groups in total. The molecule has 0 radical (unpaired) electrons. The third-order valence-corrected chi connectivity index (χ3v) is 5.29. The number of nitrogens with one attached hydrogen (secondary N) is 1. The number of rotatable bonds is 7. The van der Waals surface area contributed by atoms with E-state index in [-0.39, 0.29) is 5.91 Å². The van der Waals surface area contributed by atoms with Crippen molar-refractivity contribution in [1.29, 1.82) is 5.26 Å². The minimum Gasteiger partial charge on any atom is -0.497 e. The molecule has 0 aliphatic rings. The van der Waals surface area contributed by atoms with Crippen LogP contribution in [0.4, 0.5) is 5.69 Å². The summed E-state index contributed by atoms with van der Waals surface area (Å²) in [7, 11) is 1.58. The number of nitriles is 1. The highest BCUT2D eigenvalue weighted by molar-refractivity contribution is 7.99. The van der Waals surface area contributed by atoms with E-state index in [0.717, 1.165) is 11.3 Å². The van der Waals surface area contributed by atoms with E-state index in [9.17, 15) is 10.1 Å². The van der Waals surface area contributed by atoms with Crippen LogP contribution in [0.5, 0.6) is 5.75 Å². The number of benzene rings is 2. The summed E-state index contributed by atoms with van der Waals surface area (Å²) in [4.78, 5) is 16.8. The molecule has 2 aromatic carbocycles. The van der Waals surface area contributed by atoms with Crippen LogP contribution in [-0.4, -0.2) is 23.8 Å². The number of ether oxygens (including phenoxy) is 1. The number of pyridine rings is 1. The molecule has 1 heterocycles. The predicted molar refractivity (Wildman–Crippen MR) is 116 cm³/mol. The molecule has 0 saturated carbocycles. The van der Waals surface area contributed by atoms with Gasteiger partial charge in [0, 0.05) is 34.5 Å². The van der Waals surface area contributed by atoms with Crippen molar-refractivity contribution in [3.05, 3.63) is 71.2 Å². The fourth-order valence-corrected chi connectivity index (χ4v) is 3.62. The molecule has 0 spiro atoms. The lowest BCUT2D eigenvalue weighted by Gasteiger charge is -2.08. The van der Waals surface area contributed by atoms with Crippen molar-refractivity contribution >= 4 is 35.0 Å². The molecule has 0 unspecified atom stereocenters. The maximum absolute atomic E-state index is 12.2. The van der Waals surface area contributed by atoms with Crippen LogP contribution < -0.4 is 10.1 Å². The molecule has 0 atom stereocenters. The van der Waals surface area contributed by atoms with Crippen LogP contribution in [0.15, 0.2) is 65.7 Å². The van der Waals surface area contributed by atoms with Crippen LogP contribution in [0.1, 0.15) is 12.0 Å². The normalized spacial score (nSPS) is 10.2. The second kappa shape index (κ2) is 9.97. The third-order valence-electron chi connectivity index (χ3n) is 4.04. The standard InChI is InChI=1S/C22H18ClN3O2S/c1-28-19-4-2-3-18(13-19)25-21(27)11-12-29-22-16(14-24)7-10-20(26-22)15-5-8-17(23)9-6-15/h2-10,13H,11-12H2,1H3,(H,25,27). The van der Waals surface area contributed by atoms with E-state index in [4.69, 9.17) is 16.3 Å². The van der Waals surface area contributed by atoms with Crippen LogP contribution in [0.2, 0.25) is 5.02 Å². The first-order chi connectivity index (χ1) is 14.1. The Morgan fingerprint density at radius 1 is 1.21 bits per heavy atom. The number of aromatic nitrogens is 1. The minimum atomic E-state index is -0.113. The van der Waals surface area contributed by atoms with Gasteiger partial charge in [0.15, 0.2) is 0 Å². The van der Waals surface area contributed by atoms with Gasteiger partial charge in [-0.05, 0) is 36.4 Å². The molecule has 1 amide bonds. The summed E-state index contributed by atoms with van der Waals surface area (Å²) >= 11 is 7.32. The number of thioether (sulfide) groups is 1. The van der Waals surface area contributed by atoms with Gasteiger partial charge in [-0.2, -0.15) is 5.26 Å². The molecular weight excluding hydrogens is 406 g/mol. The van der Waals surface area contributed by atoms with E-state index < -0.39 is 0 Å². The predicted octanol–water partition coefficient (Wildman–Crippen LogP) is 5.40. The van der Waals surface area contributed by atoms with E-state index in [1.807, 2.05) is 24.3 Å². The molecule has 0 bridgehead atoms. The van der Waals surface area contributed by atoms with Crippen molar-refractivity contribution in [2.24, 2.45) is 0 Å². The average molecular weight is 424 g/mol. The Bertz CT molecular complexity index is 1050. The number of methoxy groups -OCH3 is 1. The third kappa shape index (κ3) is 5.74. The molecule has 7 heteroatoms. The Kier molecular flexibility index (Phi) is 7.12. The summed E-state index contributed by atoms with van der Waals surface area (Å²) < 4.78 is 5.15. The fraction of sp³-hybridized carbons (Fsp3) is 0.136. The Morgan fingerprint density at radius 3 is 2.72 bits per heavy atom. The lowest BCUT2D eigenvalue weighted by molar-refractivity contribution is -0.115. The molecule has 0 fully saturated rings. The summed E-state index contributed by atoms with van der Waals surface area (Å²) in [5.74, 6) is 1.07. The minimum absolute atomic E-state index is 0.113. The molecule has 146 valence electrons. The zero-order chi connectivity index (χ0) is 20.6. The zero-order valence-electron chi connectivity index (χ0n) is 15.7. The Morgan fingerprint density at radius 2 is 2.00 bits per heavy atom. The SMILES string of the molecule is COc1cccc(NC(=O)CCSc2nc(-c3ccc(Cl)cc3)ccc2C#N)c1. The number of hydrogen-bond donors (Lipinski definition) is 1. The van der Waals surface area contributed by atoms with Crippen molar-refractivity contribution in [2.45, 2.75) is 11.4 Å². The molecule has 5 nitrogen and oxygen atoms in total. The van der Waals surface area contributed by atoms with Crippen molar-refractivity contribution < 1.29 is 9.53 Å². The van der Waals surface area contributed by atoms with Crippen LogP contribution >= 0.6 is 23.4 Å². The second-order valence-electron chi connectivity index (χ2n) is 6.05. The lowest BCUT2D eigenvalue weighted by Crippen LogP contribution is -2.12. The van der Waals surface area contributed by atoms with Crippen molar-refractivity contribution in [1.82, 2.24) is 4.98 Å². The summed E-state index contributed by atoms with van der Waals surface area (Å²) in [5, 5.41) is 13.5. The van der Waals surface area contributed by atoms with Crippen LogP contribution in [-0.2, 0) is 4.79 Å². The first kappa shape index (κ1) is 20.7. The molecule has 0 saturated heterocycles. The number of amides is 1. The van der Waals surface area contributed by atoms with Gasteiger partial charge in [0.25, 0.3) is 0 Å². The van der Waals surface area contributed by atoms with Gasteiger partial charge < -0.3 is 10.1 Å². The molecule has 1 aromatic heterocycles. The Labute approximate surface area is 178 Å². The first-order valence-corrected chi connectivity index (χ1v) is 10.2. The van der Waals surface area contributed by atoms with E-state index >= 15 is 0 Å². The van der Waals surface area contributed by atoms with Gasteiger partial charge in [-0.1, -0.05) is 29.8 Å². The highest BCUT2D eigenvalue weighted by atomic mass is 35.5.